The second kappa shape index (κ2) is 12.3. The van der Waals surface area contributed by atoms with Crippen LogP contribution >= 0.6 is 0 Å². The van der Waals surface area contributed by atoms with Crippen LogP contribution in [0, 0.1) is 5.92 Å². The van der Waals surface area contributed by atoms with Gasteiger partial charge in [-0.25, -0.2) is 9.79 Å². The van der Waals surface area contributed by atoms with E-state index in [1.807, 2.05) is 18.7 Å². The number of hydrogen-bond donors (Lipinski definition) is 2. The number of nitrogens with zero attached hydrogens (tertiary/aromatic N) is 2. The summed E-state index contributed by atoms with van der Waals surface area (Å²) in [5, 5.41) is 0. The largest absolute Gasteiger partial charge is 0.423 e. The van der Waals surface area contributed by atoms with E-state index in [4.69, 9.17) is 16.2 Å². The van der Waals surface area contributed by atoms with Gasteiger partial charge in [0.15, 0.2) is 5.96 Å². The number of piperidine rings is 1. The highest BCUT2D eigenvalue weighted by atomic mass is 16.5. The highest BCUT2D eigenvalue weighted by Gasteiger charge is 2.18. The van der Waals surface area contributed by atoms with E-state index in [9.17, 15) is 9.59 Å². The first kappa shape index (κ1) is 24.7. The molecule has 1 aliphatic rings. The van der Waals surface area contributed by atoms with E-state index in [0.717, 1.165) is 31.5 Å². The van der Waals surface area contributed by atoms with Gasteiger partial charge >= 0.3 is 5.97 Å². The molecule has 1 fully saturated rings. The molecule has 170 valence electrons. The molecule has 0 radical (unpaired) electrons. The van der Waals surface area contributed by atoms with Crippen molar-refractivity contribution >= 4 is 29.6 Å². The number of carbonyl (C=O) groups excluding carboxylic acids is 2. The summed E-state index contributed by atoms with van der Waals surface area (Å²) in [4.78, 5) is 30.4. The van der Waals surface area contributed by atoms with Gasteiger partial charge < -0.3 is 21.1 Å². The fourth-order valence-corrected chi connectivity index (χ4v) is 3.14. The van der Waals surface area contributed by atoms with Crippen LogP contribution in [0.3, 0.4) is 0 Å². The zero-order chi connectivity index (χ0) is 23.5. The molecule has 0 atom stereocenters. The van der Waals surface area contributed by atoms with E-state index >= 15 is 0 Å². The van der Waals surface area contributed by atoms with Gasteiger partial charge in [-0.05, 0) is 66.8 Å². The molecule has 7 heteroatoms. The van der Waals surface area contributed by atoms with Crippen molar-refractivity contribution in [1.29, 1.82) is 0 Å². The third-order valence-electron chi connectivity index (χ3n) is 4.97. The van der Waals surface area contributed by atoms with Gasteiger partial charge in [0.05, 0.1) is 11.3 Å². The number of aliphatic imine (C=N–C) groups is 1. The van der Waals surface area contributed by atoms with Gasteiger partial charge in [-0.2, -0.15) is 0 Å². The first-order valence-electron chi connectivity index (χ1n) is 10.9. The number of amides is 1. The molecule has 1 saturated heterocycles. The number of carbonyl (C=O) groups is 2. The number of esters is 1. The van der Waals surface area contributed by atoms with Gasteiger partial charge in [0.2, 0.25) is 5.91 Å². The second-order valence-electron chi connectivity index (χ2n) is 7.38. The van der Waals surface area contributed by atoms with Crippen molar-refractivity contribution in [3.05, 3.63) is 65.7 Å². The molecule has 0 saturated carbocycles. The molecule has 7 nitrogen and oxygen atoms in total. The molecule has 0 spiro atoms. The number of guanidine groups is 1. The fourth-order valence-electron chi connectivity index (χ4n) is 3.14. The Labute approximate surface area is 189 Å². The predicted octanol–water partition coefficient (Wildman–Crippen LogP) is 4.11. The summed E-state index contributed by atoms with van der Waals surface area (Å²) in [5.41, 5.74) is 12.5. The van der Waals surface area contributed by atoms with Gasteiger partial charge in [0.25, 0.3) is 0 Å². The number of ether oxygens (including phenoxy) is 1. The molecular weight excluding hydrogens is 404 g/mol. The molecule has 0 aromatic heterocycles. The Morgan fingerprint density at radius 2 is 1.59 bits per heavy atom. The standard InChI is InChI=1S/C23H26N4O3.C2H6/c1-16-12-14-27(15-13-16)21(28)11-4-17-2-5-18(6-3-17)22(29)30-20-9-7-19(8-10-20)26-23(24)25;1-2/h2-11,16H,12-15H2,1H3,(H4,24,25,26);1-2H3/b11-4+;. The molecule has 32 heavy (non-hydrogen) atoms. The minimum atomic E-state index is -0.473. The maximum atomic E-state index is 12.3. The van der Waals surface area contributed by atoms with Gasteiger partial charge in [-0.1, -0.05) is 32.9 Å². The summed E-state index contributed by atoms with van der Waals surface area (Å²) in [5.74, 6) is 0.579. The maximum absolute atomic E-state index is 12.3. The first-order valence-corrected chi connectivity index (χ1v) is 10.9. The Hall–Kier alpha value is -3.61. The average Bonchev–Trinajstić information content (AvgIpc) is 2.80. The Morgan fingerprint density at radius 3 is 2.16 bits per heavy atom. The zero-order valence-corrected chi connectivity index (χ0v) is 19.0. The Bertz CT molecular complexity index is 938. The molecule has 0 unspecified atom stereocenters. The van der Waals surface area contributed by atoms with Crippen LogP contribution in [0.15, 0.2) is 59.6 Å². The average molecular weight is 437 g/mol. The zero-order valence-electron chi connectivity index (χ0n) is 19.0. The number of benzene rings is 2. The minimum absolute atomic E-state index is 0.0227. The summed E-state index contributed by atoms with van der Waals surface area (Å²) in [7, 11) is 0. The van der Waals surface area contributed by atoms with Crippen LogP contribution in [0.25, 0.3) is 6.08 Å². The molecular formula is C25H32N4O3. The Morgan fingerprint density at radius 1 is 1.00 bits per heavy atom. The smallest absolute Gasteiger partial charge is 0.343 e. The topological polar surface area (TPSA) is 111 Å². The molecule has 1 heterocycles. The number of nitrogens with two attached hydrogens (primary N) is 2. The van der Waals surface area contributed by atoms with Crippen molar-refractivity contribution in [3.8, 4) is 5.75 Å². The van der Waals surface area contributed by atoms with Crippen molar-refractivity contribution < 1.29 is 14.3 Å². The second-order valence-corrected chi connectivity index (χ2v) is 7.38. The van der Waals surface area contributed by atoms with Gasteiger partial charge in [-0.3, -0.25) is 4.79 Å². The number of likely N-dealkylation sites (tertiary alicyclic amines) is 1. The fraction of sp³-hybridized carbons (Fsp3) is 0.320. The normalized spacial score (nSPS) is 13.8. The van der Waals surface area contributed by atoms with Crippen LogP contribution in [0.5, 0.6) is 5.75 Å². The molecule has 0 aliphatic carbocycles. The van der Waals surface area contributed by atoms with Crippen LogP contribution < -0.4 is 16.2 Å². The summed E-state index contributed by atoms with van der Waals surface area (Å²) >= 11 is 0. The van der Waals surface area contributed by atoms with Crippen molar-refractivity contribution in [2.45, 2.75) is 33.6 Å². The maximum Gasteiger partial charge on any atom is 0.343 e. The molecule has 1 amide bonds. The molecule has 1 aliphatic heterocycles. The van der Waals surface area contributed by atoms with E-state index in [2.05, 4.69) is 11.9 Å². The SMILES string of the molecule is CC.CC1CCN(C(=O)/C=C/c2ccc(C(=O)Oc3ccc(N=C(N)N)cc3)cc2)CC1. The van der Waals surface area contributed by atoms with Crippen molar-refractivity contribution in [3.63, 3.8) is 0 Å². The molecule has 2 aromatic rings. The lowest BCUT2D eigenvalue weighted by molar-refractivity contribution is -0.127. The van der Waals surface area contributed by atoms with Crippen LogP contribution in [-0.2, 0) is 4.79 Å². The Kier molecular flexibility index (Phi) is 9.47. The molecule has 4 N–H and O–H groups in total. The third kappa shape index (κ3) is 7.58. The van der Waals surface area contributed by atoms with Gasteiger partial charge in [0.1, 0.15) is 5.75 Å². The summed E-state index contributed by atoms with van der Waals surface area (Å²) < 4.78 is 5.36. The summed E-state index contributed by atoms with van der Waals surface area (Å²) in [6.07, 6.45) is 5.44. The van der Waals surface area contributed by atoms with Gasteiger partial charge in [0, 0.05) is 19.2 Å². The van der Waals surface area contributed by atoms with E-state index in [0.29, 0.717) is 22.9 Å². The van der Waals surface area contributed by atoms with Crippen molar-refractivity contribution in [1.82, 2.24) is 4.90 Å². The lowest BCUT2D eigenvalue weighted by Crippen LogP contribution is -2.36. The highest BCUT2D eigenvalue weighted by molar-refractivity contribution is 5.93. The number of rotatable bonds is 5. The Balaban J connectivity index is 0.00000176. The van der Waals surface area contributed by atoms with Gasteiger partial charge in [-0.15, -0.1) is 0 Å². The highest BCUT2D eigenvalue weighted by Crippen LogP contribution is 2.19. The lowest BCUT2D eigenvalue weighted by atomic mass is 9.99. The van der Waals surface area contributed by atoms with Crippen LogP contribution in [-0.4, -0.2) is 35.8 Å². The van der Waals surface area contributed by atoms with Crippen molar-refractivity contribution in [2.24, 2.45) is 22.4 Å². The molecule has 3 rings (SSSR count). The number of hydrogen-bond acceptors (Lipinski definition) is 4. The minimum Gasteiger partial charge on any atom is -0.423 e. The summed E-state index contributed by atoms with van der Waals surface area (Å²) in [6, 6.07) is 13.4. The molecule has 0 bridgehead atoms. The van der Waals surface area contributed by atoms with E-state index < -0.39 is 5.97 Å². The van der Waals surface area contributed by atoms with Crippen LogP contribution in [0.2, 0.25) is 0 Å². The van der Waals surface area contributed by atoms with E-state index in [1.165, 1.54) is 0 Å². The van der Waals surface area contributed by atoms with Crippen LogP contribution in [0.4, 0.5) is 5.69 Å². The predicted molar refractivity (Wildman–Crippen MR) is 129 cm³/mol. The third-order valence-corrected chi connectivity index (χ3v) is 4.97. The quantitative estimate of drug-likeness (QED) is 0.241. The summed E-state index contributed by atoms with van der Waals surface area (Å²) in [6.45, 7) is 7.83. The molecule has 2 aromatic carbocycles. The first-order chi connectivity index (χ1) is 15.4. The van der Waals surface area contributed by atoms with Crippen LogP contribution in [0.1, 0.15) is 49.5 Å². The van der Waals surface area contributed by atoms with E-state index in [1.54, 1.807) is 60.7 Å². The monoisotopic (exact) mass is 436 g/mol. The lowest BCUT2D eigenvalue weighted by Gasteiger charge is -2.29. The van der Waals surface area contributed by atoms with Crippen molar-refractivity contribution in [2.75, 3.05) is 13.1 Å². The van der Waals surface area contributed by atoms with E-state index in [-0.39, 0.29) is 11.9 Å².